The molecular formula is C24H28N2O6. The fourth-order valence-electron chi connectivity index (χ4n) is 3.84. The Hall–Kier alpha value is -3.23. The van der Waals surface area contributed by atoms with Gasteiger partial charge in [-0.25, -0.2) is 9.59 Å². The number of rotatable bonds is 7. The molecular weight excluding hydrogens is 412 g/mol. The van der Waals surface area contributed by atoms with Crippen molar-refractivity contribution in [2.75, 3.05) is 6.61 Å². The van der Waals surface area contributed by atoms with E-state index in [9.17, 15) is 19.5 Å². The molecule has 0 aliphatic heterocycles. The van der Waals surface area contributed by atoms with Crippen LogP contribution in [0.2, 0.25) is 0 Å². The molecule has 5 N–H and O–H groups in total. The molecule has 0 amide bonds. The maximum atomic E-state index is 12.8. The van der Waals surface area contributed by atoms with E-state index in [1.54, 1.807) is 20.8 Å². The number of benzene rings is 2. The summed E-state index contributed by atoms with van der Waals surface area (Å²) < 4.78 is 10.6. The number of aliphatic carboxylic acids is 1. The van der Waals surface area contributed by atoms with E-state index >= 15 is 0 Å². The summed E-state index contributed by atoms with van der Waals surface area (Å²) in [7, 11) is 0. The maximum Gasteiger partial charge on any atom is 0.339 e. The molecule has 0 saturated carbocycles. The van der Waals surface area contributed by atoms with Crippen LogP contribution in [-0.4, -0.2) is 46.8 Å². The molecule has 8 nitrogen and oxygen atoms in total. The smallest absolute Gasteiger partial charge is 0.339 e. The number of hydrogen-bond donors (Lipinski definition) is 3. The van der Waals surface area contributed by atoms with Gasteiger partial charge in [-0.15, -0.1) is 0 Å². The van der Waals surface area contributed by atoms with E-state index in [1.165, 1.54) is 0 Å². The third-order valence-electron chi connectivity index (χ3n) is 5.43. The largest absolute Gasteiger partial charge is 0.479 e. The van der Waals surface area contributed by atoms with Gasteiger partial charge in [0.2, 0.25) is 5.54 Å². The van der Waals surface area contributed by atoms with Gasteiger partial charge in [0.1, 0.15) is 12.2 Å². The lowest BCUT2D eigenvalue weighted by Crippen LogP contribution is -2.67. The molecule has 8 heteroatoms. The molecule has 2 aromatic rings. The number of carboxylic acid groups (broad SMARTS) is 1. The average Bonchev–Trinajstić information content (AvgIpc) is 3.03. The van der Waals surface area contributed by atoms with Crippen LogP contribution >= 0.6 is 0 Å². The Balaban J connectivity index is 1.77. The number of ether oxygens (including phenoxy) is 2. The van der Waals surface area contributed by atoms with E-state index in [0.29, 0.717) is 0 Å². The first-order valence-electron chi connectivity index (χ1n) is 10.3. The monoisotopic (exact) mass is 440 g/mol. The highest BCUT2D eigenvalue weighted by Crippen LogP contribution is 2.44. The average molecular weight is 440 g/mol. The highest BCUT2D eigenvalue weighted by atomic mass is 16.6. The normalized spacial score (nSPS) is 15.8. The predicted molar refractivity (Wildman–Crippen MR) is 118 cm³/mol. The Morgan fingerprint density at radius 3 is 1.97 bits per heavy atom. The Bertz CT molecular complexity index is 999. The highest BCUT2D eigenvalue weighted by Gasteiger charge is 2.51. The number of carbonyl (C=O) groups is 3. The summed E-state index contributed by atoms with van der Waals surface area (Å²) in [4.78, 5) is 36.8. The van der Waals surface area contributed by atoms with Gasteiger partial charge in [0.15, 0.2) is 0 Å². The third kappa shape index (κ3) is 4.51. The van der Waals surface area contributed by atoms with Gasteiger partial charge in [0.05, 0.1) is 12.5 Å². The summed E-state index contributed by atoms with van der Waals surface area (Å²) in [5, 5.41) is 9.67. The second kappa shape index (κ2) is 8.72. The van der Waals surface area contributed by atoms with Crippen LogP contribution in [0.1, 0.15) is 44.2 Å². The van der Waals surface area contributed by atoms with Crippen LogP contribution in [-0.2, 0) is 23.9 Å². The van der Waals surface area contributed by atoms with Crippen molar-refractivity contribution in [1.82, 2.24) is 0 Å². The van der Waals surface area contributed by atoms with Crippen molar-refractivity contribution in [3.63, 3.8) is 0 Å². The number of hydrogen-bond acceptors (Lipinski definition) is 7. The SMILES string of the molecule is CC(C)(C)OC(=O)CC(N)[C@@](N)(C(=O)O)C(=O)OCC1c2ccccc2-c2ccccc21. The van der Waals surface area contributed by atoms with Crippen LogP contribution < -0.4 is 11.5 Å². The molecule has 0 bridgehead atoms. The standard InChI is InChI=1S/C24H28N2O6/c1-23(2,3)32-20(27)12-19(25)24(26,21(28)29)22(30)31-13-18-16-10-6-4-8-14(16)15-9-5-7-11-17(15)18/h4-11,18-19H,12-13,25-26H2,1-3H3,(H,28,29)/t19?,24-/m1/s1. The predicted octanol–water partition coefficient (Wildman–Crippen LogP) is 2.18. The molecule has 32 heavy (non-hydrogen) atoms. The number of nitrogens with two attached hydrogens (primary N) is 2. The number of carbonyl (C=O) groups excluding carboxylic acids is 2. The molecule has 0 heterocycles. The first-order chi connectivity index (χ1) is 14.9. The molecule has 0 saturated heterocycles. The first-order valence-corrected chi connectivity index (χ1v) is 10.3. The van der Waals surface area contributed by atoms with Crippen LogP contribution in [0.25, 0.3) is 11.1 Å². The van der Waals surface area contributed by atoms with Gasteiger partial charge < -0.3 is 26.0 Å². The number of esters is 2. The third-order valence-corrected chi connectivity index (χ3v) is 5.43. The van der Waals surface area contributed by atoms with Crippen molar-refractivity contribution >= 4 is 17.9 Å². The summed E-state index contributed by atoms with van der Waals surface area (Å²) in [6, 6.07) is 13.9. The van der Waals surface area contributed by atoms with Gasteiger partial charge in [0, 0.05) is 5.92 Å². The van der Waals surface area contributed by atoms with Crippen molar-refractivity contribution in [2.24, 2.45) is 11.5 Å². The summed E-state index contributed by atoms with van der Waals surface area (Å²) in [6.07, 6.45) is -0.551. The zero-order valence-electron chi connectivity index (χ0n) is 18.3. The minimum Gasteiger partial charge on any atom is -0.479 e. The molecule has 0 spiro atoms. The van der Waals surface area contributed by atoms with Crippen LogP contribution in [0.5, 0.6) is 0 Å². The quantitative estimate of drug-likeness (QED) is 0.439. The Morgan fingerprint density at radius 1 is 1.00 bits per heavy atom. The van der Waals surface area contributed by atoms with Crippen LogP contribution in [0.15, 0.2) is 48.5 Å². The van der Waals surface area contributed by atoms with Gasteiger partial charge in [-0.2, -0.15) is 0 Å². The lowest BCUT2D eigenvalue weighted by Gasteiger charge is -2.29. The van der Waals surface area contributed by atoms with Crippen LogP contribution in [0.4, 0.5) is 0 Å². The molecule has 1 aliphatic rings. The van der Waals surface area contributed by atoms with Gasteiger partial charge >= 0.3 is 17.9 Å². The summed E-state index contributed by atoms with van der Waals surface area (Å²) in [6.45, 7) is 4.87. The van der Waals surface area contributed by atoms with Crippen LogP contribution in [0, 0.1) is 0 Å². The fourth-order valence-corrected chi connectivity index (χ4v) is 3.84. The van der Waals surface area contributed by atoms with E-state index in [2.05, 4.69) is 0 Å². The summed E-state index contributed by atoms with van der Waals surface area (Å²) in [5.41, 5.74) is 12.4. The maximum absolute atomic E-state index is 12.8. The molecule has 3 rings (SSSR count). The molecule has 2 aromatic carbocycles. The molecule has 170 valence electrons. The van der Waals surface area contributed by atoms with Gasteiger partial charge in [-0.05, 0) is 43.0 Å². The zero-order valence-corrected chi connectivity index (χ0v) is 18.3. The molecule has 0 radical (unpaired) electrons. The number of fused-ring (bicyclic) bond motifs is 3. The Morgan fingerprint density at radius 2 is 1.50 bits per heavy atom. The second-order valence-corrected chi connectivity index (χ2v) is 8.90. The van der Waals surface area contributed by atoms with Crippen molar-refractivity contribution in [1.29, 1.82) is 0 Å². The second-order valence-electron chi connectivity index (χ2n) is 8.90. The zero-order chi connectivity index (χ0) is 23.7. The van der Waals surface area contributed by atoms with Crippen molar-refractivity contribution in [2.45, 2.75) is 50.3 Å². The van der Waals surface area contributed by atoms with Gasteiger partial charge in [0.25, 0.3) is 0 Å². The molecule has 1 aliphatic carbocycles. The van der Waals surface area contributed by atoms with E-state index in [0.717, 1.165) is 22.3 Å². The summed E-state index contributed by atoms with van der Waals surface area (Å²) in [5.74, 6) is -3.91. The lowest BCUT2D eigenvalue weighted by atomic mass is 9.89. The minimum atomic E-state index is -2.60. The van der Waals surface area contributed by atoms with E-state index in [-0.39, 0.29) is 12.5 Å². The van der Waals surface area contributed by atoms with Crippen molar-refractivity contribution < 1.29 is 29.0 Å². The Kier molecular flexibility index (Phi) is 6.39. The lowest BCUT2D eigenvalue weighted by molar-refractivity contribution is -0.164. The molecule has 0 aromatic heterocycles. The molecule has 2 atom stereocenters. The van der Waals surface area contributed by atoms with Gasteiger partial charge in [-0.1, -0.05) is 48.5 Å². The molecule has 0 fully saturated rings. The van der Waals surface area contributed by atoms with Crippen molar-refractivity contribution in [3.8, 4) is 11.1 Å². The topological polar surface area (TPSA) is 142 Å². The van der Waals surface area contributed by atoms with Crippen molar-refractivity contribution in [3.05, 3.63) is 59.7 Å². The van der Waals surface area contributed by atoms with Crippen LogP contribution in [0.3, 0.4) is 0 Å². The fraction of sp³-hybridized carbons (Fsp3) is 0.375. The van der Waals surface area contributed by atoms with E-state index < -0.39 is 41.5 Å². The molecule has 1 unspecified atom stereocenters. The van der Waals surface area contributed by atoms with E-state index in [4.69, 9.17) is 20.9 Å². The van der Waals surface area contributed by atoms with Gasteiger partial charge in [-0.3, -0.25) is 4.79 Å². The number of carboxylic acids is 1. The Labute approximate surface area is 186 Å². The summed E-state index contributed by atoms with van der Waals surface area (Å²) >= 11 is 0. The minimum absolute atomic E-state index is 0.113. The first kappa shape index (κ1) is 23.4. The highest BCUT2D eigenvalue weighted by molar-refractivity contribution is 6.05. The van der Waals surface area contributed by atoms with E-state index in [1.807, 2.05) is 48.5 Å².